The number of rotatable bonds is 7. The van der Waals surface area contributed by atoms with Gasteiger partial charge in [0.25, 0.3) is 0 Å². The lowest BCUT2D eigenvalue weighted by molar-refractivity contribution is 0.0162. The van der Waals surface area contributed by atoms with E-state index < -0.39 is 6.10 Å². The Morgan fingerprint density at radius 1 is 1.39 bits per heavy atom. The lowest BCUT2D eigenvalue weighted by Crippen LogP contribution is -2.24. The quantitative estimate of drug-likeness (QED) is 0.809. The molecule has 0 saturated carbocycles. The Hall–Kier alpha value is -0.620. The zero-order chi connectivity index (χ0) is 13.5. The molecular weight excluding hydrogens is 298 g/mol. The fourth-order valence-electron chi connectivity index (χ4n) is 1.50. The summed E-state index contributed by atoms with van der Waals surface area (Å²) in [7, 11) is 0. The molecule has 4 nitrogen and oxygen atoms in total. The van der Waals surface area contributed by atoms with Gasteiger partial charge in [0.05, 0.1) is 6.61 Å². The number of halogens is 1. The van der Waals surface area contributed by atoms with Crippen LogP contribution in [0.15, 0.2) is 22.7 Å². The van der Waals surface area contributed by atoms with Gasteiger partial charge in [0.2, 0.25) is 0 Å². The van der Waals surface area contributed by atoms with Crippen molar-refractivity contribution in [2.45, 2.75) is 26.0 Å². The number of aliphatic hydroxyl groups excluding tert-OH is 1. The summed E-state index contributed by atoms with van der Waals surface area (Å²) in [6, 6.07) is 5.57. The van der Waals surface area contributed by atoms with Crippen molar-refractivity contribution in [1.29, 1.82) is 0 Å². The summed E-state index contributed by atoms with van der Waals surface area (Å²) < 4.78 is 11.6. The molecule has 0 saturated heterocycles. The van der Waals surface area contributed by atoms with Crippen molar-refractivity contribution in [2.24, 2.45) is 5.73 Å². The predicted molar refractivity (Wildman–Crippen MR) is 74.7 cm³/mol. The predicted octanol–water partition coefficient (Wildman–Crippen LogP) is 2.25. The maximum atomic E-state index is 9.65. The fraction of sp³-hybridized carbons (Fsp3) is 0.538. The summed E-state index contributed by atoms with van der Waals surface area (Å²) >= 11 is 3.39. The molecule has 0 aliphatic rings. The zero-order valence-electron chi connectivity index (χ0n) is 10.7. The molecule has 3 N–H and O–H groups in total. The van der Waals surface area contributed by atoms with Crippen molar-refractivity contribution in [3.05, 3.63) is 28.2 Å². The molecule has 1 aromatic rings. The first kappa shape index (κ1) is 15.4. The van der Waals surface area contributed by atoms with Crippen LogP contribution in [0.4, 0.5) is 0 Å². The van der Waals surface area contributed by atoms with Crippen LogP contribution < -0.4 is 10.5 Å². The third kappa shape index (κ3) is 4.94. The molecule has 0 radical (unpaired) electrons. The van der Waals surface area contributed by atoms with Crippen molar-refractivity contribution < 1.29 is 14.6 Å². The summed E-state index contributed by atoms with van der Waals surface area (Å²) in [5, 5.41) is 9.65. The third-order valence-corrected chi connectivity index (χ3v) is 2.91. The van der Waals surface area contributed by atoms with Gasteiger partial charge in [-0.25, -0.2) is 0 Å². The van der Waals surface area contributed by atoms with E-state index in [0.29, 0.717) is 12.4 Å². The molecule has 0 fully saturated rings. The topological polar surface area (TPSA) is 64.7 Å². The van der Waals surface area contributed by atoms with E-state index in [1.165, 1.54) is 0 Å². The van der Waals surface area contributed by atoms with Gasteiger partial charge < -0.3 is 20.3 Å². The van der Waals surface area contributed by atoms with E-state index in [1.54, 1.807) is 0 Å². The van der Waals surface area contributed by atoms with Crippen LogP contribution in [0.25, 0.3) is 0 Å². The molecule has 102 valence electrons. The Bertz CT molecular complexity index is 371. The number of hydrogen-bond donors (Lipinski definition) is 2. The molecule has 0 aliphatic heterocycles. The summed E-state index contributed by atoms with van der Waals surface area (Å²) in [5.74, 6) is 0.690. The van der Waals surface area contributed by atoms with Gasteiger partial charge in [-0.3, -0.25) is 0 Å². The van der Waals surface area contributed by atoms with Gasteiger partial charge in [0.15, 0.2) is 0 Å². The molecular formula is C13H20BrNO3. The number of nitrogens with two attached hydrogens (primary N) is 1. The Labute approximate surface area is 116 Å². The summed E-state index contributed by atoms with van der Waals surface area (Å²) in [6.45, 7) is 4.83. The molecule has 0 spiro atoms. The van der Waals surface area contributed by atoms with E-state index in [1.807, 2.05) is 32.0 Å². The molecule has 2 atom stereocenters. The van der Waals surface area contributed by atoms with Crippen molar-refractivity contribution in [1.82, 2.24) is 0 Å². The highest BCUT2D eigenvalue weighted by Gasteiger charge is 2.11. The molecule has 0 aromatic heterocycles. The maximum Gasteiger partial charge on any atom is 0.125 e. The van der Waals surface area contributed by atoms with Crippen molar-refractivity contribution in [3.63, 3.8) is 0 Å². The zero-order valence-corrected chi connectivity index (χ0v) is 12.3. The first-order chi connectivity index (χ1) is 8.54. The Morgan fingerprint density at radius 3 is 2.72 bits per heavy atom. The maximum absolute atomic E-state index is 9.65. The van der Waals surface area contributed by atoms with E-state index >= 15 is 0 Å². The van der Waals surface area contributed by atoms with Crippen LogP contribution >= 0.6 is 15.9 Å². The van der Waals surface area contributed by atoms with Crippen LogP contribution in [-0.2, 0) is 4.74 Å². The monoisotopic (exact) mass is 317 g/mol. The Morgan fingerprint density at radius 2 is 2.11 bits per heavy atom. The molecule has 0 bridgehead atoms. The minimum Gasteiger partial charge on any atom is -0.490 e. The summed E-state index contributed by atoms with van der Waals surface area (Å²) in [6.07, 6.45) is -0.634. The fourth-order valence-corrected chi connectivity index (χ4v) is 1.84. The standard InChI is InChI=1S/C13H20BrNO3/c1-3-17-7-11(16)8-18-13-6-10(14)4-5-12(13)9(2)15/h4-6,9,11,16H,3,7-8,15H2,1-2H3/t9-,11?/m0/s1. The molecule has 1 rings (SSSR count). The van der Waals surface area contributed by atoms with Crippen molar-refractivity contribution in [2.75, 3.05) is 19.8 Å². The van der Waals surface area contributed by atoms with E-state index in [9.17, 15) is 5.11 Å². The molecule has 0 amide bonds. The number of hydrogen-bond acceptors (Lipinski definition) is 4. The number of aliphatic hydroxyl groups is 1. The van der Waals surface area contributed by atoms with Gasteiger partial charge in [-0.1, -0.05) is 22.0 Å². The second-order valence-electron chi connectivity index (χ2n) is 4.10. The van der Waals surface area contributed by atoms with E-state index in [0.717, 1.165) is 10.0 Å². The highest BCUT2D eigenvalue weighted by atomic mass is 79.9. The van der Waals surface area contributed by atoms with Gasteiger partial charge in [0.1, 0.15) is 18.5 Å². The number of benzene rings is 1. The lowest BCUT2D eigenvalue weighted by Gasteiger charge is -2.17. The molecule has 0 heterocycles. The number of ether oxygens (including phenoxy) is 2. The average molecular weight is 318 g/mol. The molecule has 5 heteroatoms. The van der Waals surface area contributed by atoms with E-state index in [4.69, 9.17) is 15.2 Å². The third-order valence-electron chi connectivity index (χ3n) is 2.41. The minimum absolute atomic E-state index is 0.114. The van der Waals surface area contributed by atoms with Gasteiger partial charge in [-0.05, 0) is 26.0 Å². The highest BCUT2D eigenvalue weighted by Crippen LogP contribution is 2.27. The highest BCUT2D eigenvalue weighted by molar-refractivity contribution is 9.10. The summed E-state index contributed by atoms with van der Waals surface area (Å²) in [5.41, 5.74) is 6.79. The minimum atomic E-state index is -0.634. The largest absolute Gasteiger partial charge is 0.490 e. The van der Waals surface area contributed by atoms with Crippen LogP contribution in [0.2, 0.25) is 0 Å². The van der Waals surface area contributed by atoms with Gasteiger partial charge in [-0.2, -0.15) is 0 Å². The Kier molecular flexibility index (Phi) is 6.63. The van der Waals surface area contributed by atoms with Crippen molar-refractivity contribution in [3.8, 4) is 5.75 Å². The Balaban J connectivity index is 2.62. The van der Waals surface area contributed by atoms with Gasteiger partial charge in [0, 0.05) is 22.7 Å². The smallest absolute Gasteiger partial charge is 0.125 e. The molecule has 1 unspecified atom stereocenters. The van der Waals surface area contributed by atoms with Gasteiger partial charge in [-0.15, -0.1) is 0 Å². The van der Waals surface area contributed by atoms with Crippen LogP contribution in [0, 0.1) is 0 Å². The second-order valence-corrected chi connectivity index (χ2v) is 5.01. The van der Waals surface area contributed by atoms with E-state index in [-0.39, 0.29) is 19.3 Å². The average Bonchev–Trinajstić information content (AvgIpc) is 2.33. The second kappa shape index (κ2) is 7.74. The van der Waals surface area contributed by atoms with Crippen LogP contribution in [-0.4, -0.2) is 31.0 Å². The first-order valence-electron chi connectivity index (χ1n) is 5.98. The SMILES string of the molecule is CCOCC(O)COc1cc(Br)ccc1[C@H](C)N. The normalized spacial score (nSPS) is 14.3. The first-order valence-corrected chi connectivity index (χ1v) is 6.77. The molecule has 18 heavy (non-hydrogen) atoms. The molecule has 1 aromatic carbocycles. The van der Waals surface area contributed by atoms with Gasteiger partial charge >= 0.3 is 0 Å². The van der Waals surface area contributed by atoms with Crippen molar-refractivity contribution >= 4 is 15.9 Å². The summed E-state index contributed by atoms with van der Waals surface area (Å²) in [4.78, 5) is 0. The van der Waals surface area contributed by atoms with E-state index in [2.05, 4.69) is 15.9 Å². The van der Waals surface area contributed by atoms with Crippen LogP contribution in [0.5, 0.6) is 5.75 Å². The van der Waals surface area contributed by atoms with Crippen LogP contribution in [0.1, 0.15) is 25.5 Å². The van der Waals surface area contributed by atoms with Crippen LogP contribution in [0.3, 0.4) is 0 Å². The lowest BCUT2D eigenvalue weighted by atomic mass is 10.1. The molecule has 0 aliphatic carbocycles.